The van der Waals surface area contributed by atoms with E-state index in [1.165, 1.54) is 18.9 Å². The van der Waals surface area contributed by atoms with Crippen LogP contribution in [0.2, 0.25) is 0 Å². The Balaban J connectivity index is 1.85. The van der Waals surface area contributed by atoms with Crippen LogP contribution in [-0.4, -0.2) is 29.7 Å². The Labute approximate surface area is 133 Å². The highest BCUT2D eigenvalue weighted by molar-refractivity contribution is 8.00. The Morgan fingerprint density at radius 2 is 1.82 bits per heavy atom. The number of methoxy groups -OCH3 is 1. The number of benzene rings is 2. The molecule has 5 heteroatoms. The second-order valence-corrected chi connectivity index (χ2v) is 6.00. The van der Waals surface area contributed by atoms with Crippen molar-refractivity contribution in [2.75, 3.05) is 12.9 Å². The fourth-order valence-electron chi connectivity index (χ4n) is 2.07. The first-order valence-corrected chi connectivity index (χ1v) is 8.01. The standard InChI is InChI=1S/C17H18O4S/c1-21-17(20)4-2-3-15(19)11-22-16-8-6-12-9-14(18)7-5-13(12)10-16/h5-10,18H,2-4,11H2,1H3. The van der Waals surface area contributed by atoms with Crippen LogP contribution in [-0.2, 0) is 14.3 Å². The Morgan fingerprint density at radius 1 is 1.09 bits per heavy atom. The number of hydrogen-bond donors (Lipinski definition) is 1. The molecule has 1 N–H and O–H groups in total. The topological polar surface area (TPSA) is 63.6 Å². The maximum Gasteiger partial charge on any atom is 0.305 e. The van der Waals surface area contributed by atoms with E-state index >= 15 is 0 Å². The van der Waals surface area contributed by atoms with Gasteiger partial charge in [0.25, 0.3) is 0 Å². The number of aromatic hydroxyl groups is 1. The average molecular weight is 318 g/mol. The summed E-state index contributed by atoms with van der Waals surface area (Å²) in [6.45, 7) is 0. The lowest BCUT2D eigenvalue weighted by molar-refractivity contribution is -0.140. The highest BCUT2D eigenvalue weighted by Crippen LogP contribution is 2.26. The number of ketones is 1. The van der Waals surface area contributed by atoms with Crippen LogP contribution in [0.3, 0.4) is 0 Å². The van der Waals surface area contributed by atoms with Crippen molar-refractivity contribution >= 4 is 34.3 Å². The summed E-state index contributed by atoms with van der Waals surface area (Å²) in [5.41, 5.74) is 0. The van der Waals surface area contributed by atoms with Gasteiger partial charge in [0.15, 0.2) is 0 Å². The molecule has 0 aliphatic rings. The molecule has 0 heterocycles. The fourth-order valence-corrected chi connectivity index (χ4v) is 2.92. The minimum Gasteiger partial charge on any atom is -0.508 e. The third-order valence-corrected chi connectivity index (χ3v) is 4.31. The van der Waals surface area contributed by atoms with Gasteiger partial charge in [-0.2, -0.15) is 0 Å². The van der Waals surface area contributed by atoms with Crippen LogP contribution in [0.4, 0.5) is 0 Å². The predicted molar refractivity (Wildman–Crippen MR) is 87.2 cm³/mol. The largest absolute Gasteiger partial charge is 0.508 e. The maximum atomic E-state index is 11.8. The van der Waals surface area contributed by atoms with Crippen LogP contribution < -0.4 is 0 Å². The Hall–Kier alpha value is -2.01. The van der Waals surface area contributed by atoms with Gasteiger partial charge in [-0.15, -0.1) is 11.8 Å². The molecule has 0 aromatic heterocycles. The van der Waals surface area contributed by atoms with E-state index in [2.05, 4.69) is 4.74 Å². The highest BCUT2D eigenvalue weighted by atomic mass is 32.2. The molecule has 0 amide bonds. The van der Waals surface area contributed by atoms with Crippen LogP contribution >= 0.6 is 11.8 Å². The highest BCUT2D eigenvalue weighted by Gasteiger charge is 2.07. The molecule has 2 aromatic rings. The average Bonchev–Trinajstić information content (AvgIpc) is 2.52. The first-order chi connectivity index (χ1) is 10.6. The van der Waals surface area contributed by atoms with Gasteiger partial charge in [0, 0.05) is 17.7 Å². The van der Waals surface area contributed by atoms with E-state index in [-0.39, 0.29) is 23.9 Å². The van der Waals surface area contributed by atoms with Gasteiger partial charge in [-0.1, -0.05) is 12.1 Å². The number of fused-ring (bicyclic) bond motifs is 1. The first kappa shape index (κ1) is 16.4. The number of Topliss-reactive ketones (excluding diaryl/α,β-unsaturated/α-hetero) is 1. The molecule has 4 nitrogen and oxygen atoms in total. The zero-order chi connectivity index (χ0) is 15.9. The molecule has 22 heavy (non-hydrogen) atoms. The van der Waals surface area contributed by atoms with Crippen molar-refractivity contribution in [2.45, 2.75) is 24.2 Å². The molecular formula is C17H18O4S. The van der Waals surface area contributed by atoms with Crippen LogP contribution in [0.15, 0.2) is 41.3 Å². The molecule has 0 radical (unpaired) electrons. The lowest BCUT2D eigenvalue weighted by atomic mass is 10.1. The van der Waals surface area contributed by atoms with Gasteiger partial charge in [-0.25, -0.2) is 0 Å². The fraction of sp³-hybridized carbons (Fsp3) is 0.294. The number of phenolic OH excluding ortho intramolecular Hbond substituents is 1. The van der Waals surface area contributed by atoms with Crippen molar-refractivity contribution in [1.29, 1.82) is 0 Å². The quantitative estimate of drug-likeness (QED) is 0.625. The van der Waals surface area contributed by atoms with Gasteiger partial charge in [-0.05, 0) is 41.5 Å². The van der Waals surface area contributed by atoms with E-state index in [9.17, 15) is 14.7 Å². The van der Waals surface area contributed by atoms with Gasteiger partial charge >= 0.3 is 5.97 Å². The smallest absolute Gasteiger partial charge is 0.305 e. The molecule has 0 spiro atoms. The zero-order valence-corrected chi connectivity index (χ0v) is 13.2. The minimum absolute atomic E-state index is 0.125. The van der Waals surface area contributed by atoms with E-state index in [4.69, 9.17) is 0 Å². The number of hydrogen-bond acceptors (Lipinski definition) is 5. The Morgan fingerprint density at radius 3 is 2.59 bits per heavy atom. The van der Waals surface area contributed by atoms with Crippen molar-refractivity contribution in [3.63, 3.8) is 0 Å². The third kappa shape index (κ3) is 4.77. The second-order valence-electron chi connectivity index (χ2n) is 4.95. The number of ether oxygens (including phenoxy) is 1. The molecule has 2 rings (SSSR count). The summed E-state index contributed by atoms with van der Waals surface area (Å²) < 4.78 is 4.54. The predicted octanol–water partition coefficient (Wildman–Crippen LogP) is 3.55. The number of phenols is 1. The van der Waals surface area contributed by atoms with Crippen LogP contribution in [0.1, 0.15) is 19.3 Å². The molecule has 0 fully saturated rings. The SMILES string of the molecule is COC(=O)CCCC(=O)CSc1ccc2cc(O)ccc2c1. The molecular weight excluding hydrogens is 300 g/mol. The number of rotatable bonds is 7. The Kier molecular flexibility index (Phi) is 5.83. The van der Waals surface area contributed by atoms with Crippen molar-refractivity contribution in [3.05, 3.63) is 36.4 Å². The van der Waals surface area contributed by atoms with Gasteiger partial charge in [0.05, 0.1) is 12.9 Å². The van der Waals surface area contributed by atoms with Crippen LogP contribution in [0, 0.1) is 0 Å². The molecule has 2 aromatic carbocycles. The summed E-state index contributed by atoms with van der Waals surface area (Å²) in [6, 6.07) is 11.1. The summed E-state index contributed by atoms with van der Waals surface area (Å²) in [4.78, 5) is 23.8. The van der Waals surface area contributed by atoms with E-state index in [1.807, 2.05) is 24.3 Å². The van der Waals surface area contributed by atoms with Gasteiger partial charge in [-0.3, -0.25) is 9.59 Å². The molecule has 0 aliphatic carbocycles. The minimum atomic E-state index is -0.279. The number of esters is 1. The lowest BCUT2D eigenvalue weighted by Crippen LogP contribution is -2.05. The molecule has 0 atom stereocenters. The number of thioether (sulfide) groups is 1. The summed E-state index contributed by atoms with van der Waals surface area (Å²) in [5, 5.41) is 11.4. The van der Waals surface area contributed by atoms with Crippen molar-refractivity contribution in [1.82, 2.24) is 0 Å². The van der Waals surface area contributed by atoms with Gasteiger partial charge in [0.2, 0.25) is 0 Å². The number of carbonyl (C=O) groups excluding carboxylic acids is 2. The summed E-state index contributed by atoms with van der Waals surface area (Å²) in [6.07, 6.45) is 1.21. The van der Waals surface area contributed by atoms with E-state index in [0.717, 1.165) is 15.7 Å². The van der Waals surface area contributed by atoms with Gasteiger partial charge < -0.3 is 9.84 Å². The summed E-state index contributed by atoms with van der Waals surface area (Å²) in [7, 11) is 1.35. The number of carbonyl (C=O) groups is 2. The van der Waals surface area contributed by atoms with Crippen LogP contribution in [0.25, 0.3) is 10.8 Å². The van der Waals surface area contributed by atoms with E-state index in [0.29, 0.717) is 18.6 Å². The van der Waals surface area contributed by atoms with E-state index in [1.54, 1.807) is 12.1 Å². The first-order valence-electron chi connectivity index (χ1n) is 7.02. The molecule has 0 saturated heterocycles. The maximum absolute atomic E-state index is 11.8. The molecule has 0 aliphatic heterocycles. The lowest BCUT2D eigenvalue weighted by Gasteiger charge is -2.04. The van der Waals surface area contributed by atoms with Gasteiger partial charge in [0.1, 0.15) is 11.5 Å². The normalized spacial score (nSPS) is 10.6. The molecule has 0 saturated carbocycles. The zero-order valence-electron chi connectivity index (χ0n) is 12.4. The summed E-state index contributed by atoms with van der Waals surface area (Å²) in [5.74, 6) is 0.483. The summed E-state index contributed by atoms with van der Waals surface area (Å²) >= 11 is 1.48. The molecule has 0 bridgehead atoms. The van der Waals surface area contributed by atoms with Crippen LogP contribution in [0.5, 0.6) is 5.75 Å². The van der Waals surface area contributed by atoms with E-state index < -0.39 is 0 Å². The van der Waals surface area contributed by atoms with Crippen molar-refractivity contribution in [3.8, 4) is 5.75 Å². The Bertz CT molecular complexity index is 681. The monoisotopic (exact) mass is 318 g/mol. The van der Waals surface area contributed by atoms with Crippen molar-refractivity contribution in [2.24, 2.45) is 0 Å². The second kappa shape index (κ2) is 7.84. The van der Waals surface area contributed by atoms with Crippen molar-refractivity contribution < 1.29 is 19.4 Å². The molecule has 116 valence electrons. The molecule has 0 unspecified atom stereocenters. The third-order valence-electron chi connectivity index (χ3n) is 3.26.